The van der Waals surface area contributed by atoms with Crippen LogP contribution in [0.25, 0.3) is 10.4 Å². The van der Waals surface area contributed by atoms with Crippen molar-refractivity contribution >= 4 is 17.2 Å². The van der Waals surface area contributed by atoms with Crippen molar-refractivity contribution in [1.82, 2.24) is 4.90 Å². The molecule has 3 aromatic rings. The highest BCUT2D eigenvalue weighted by atomic mass is 32.1. The van der Waals surface area contributed by atoms with E-state index in [0.717, 1.165) is 32.2 Å². The lowest BCUT2D eigenvalue weighted by molar-refractivity contribution is 0.0757. The van der Waals surface area contributed by atoms with E-state index in [-0.39, 0.29) is 5.91 Å². The number of fused-ring (bicyclic) bond motifs is 3. The number of benzene rings is 2. The number of carbonyl (C=O) groups excluding carboxylic acids is 1. The third-order valence-corrected chi connectivity index (χ3v) is 5.62. The molecule has 0 bridgehead atoms. The first-order chi connectivity index (χ1) is 12.3. The Morgan fingerprint density at radius 1 is 1.12 bits per heavy atom. The highest BCUT2D eigenvalue weighted by Gasteiger charge is 2.24. The van der Waals surface area contributed by atoms with Gasteiger partial charge in [-0.1, -0.05) is 42.5 Å². The van der Waals surface area contributed by atoms with Crippen LogP contribution in [0.3, 0.4) is 0 Å². The molecule has 1 aliphatic rings. The van der Waals surface area contributed by atoms with Gasteiger partial charge in [0.15, 0.2) is 0 Å². The zero-order valence-electron chi connectivity index (χ0n) is 14.1. The fourth-order valence-corrected chi connectivity index (χ4v) is 4.26. The molecule has 1 aromatic heterocycles. The Kier molecular flexibility index (Phi) is 4.28. The topological polar surface area (TPSA) is 29.5 Å². The molecule has 0 radical (unpaired) electrons. The second-order valence-corrected chi connectivity index (χ2v) is 7.11. The summed E-state index contributed by atoms with van der Waals surface area (Å²) in [6.07, 6.45) is 0. The third-order valence-electron chi connectivity index (χ3n) is 4.42. The van der Waals surface area contributed by atoms with Gasteiger partial charge >= 0.3 is 0 Å². The Balaban J connectivity index is 1.62. The summed E-state index contributed by atoms with van der Waals surface area (Å²) in [7, 11) is 0. The summed E-state index contributed by atoms with van der Waals surface area (Å²) in [5.41, 5.74) is 3.33. The summed E-state index contributed by atoms with van der Waals surface area (Å²) in [4.78, 5) is 16.8. The molecule has 2 heterocycles. The van der Waals surface area contributed by atoms with Gasteiger partial charge in [-0.05, 0) is 30.7 Å². The van der Waals surface area contributed by atoms with Crippen LogP contribution in [0, 0.1) is 0 Å². The number of nitrogens with zero attached hydrogens (tertiary/aromatic N) is 1. The Morgan fingerprint density at radius 2 is 1.88 bits per heavy atom. The van der Waals surface area contributed by atoms with E-state index in [1.807, 2.05) is 54.3 Å². The monoisotopic (exact) mass is 349 g/mol. The average Bonchev–Trinajstić information content (AvgIpc) is 3.11. The van der Waals surface area contributed by atoms with E-state index >= 15 is 0 Å². The first kappa shape index (κ1) is 15.9. The zero-order valence-corrected chi connectivity index (χ0v) is 14.9. The van der Waals surface area contributed by atoms with E-state index in [2.05, 4.69) is 18.2 Å². The molecule has 1 amide bonds. The number of amides is 1. The maximum absolute atomic E-state index is 13.0. The molecule has 0 saturated carbocycles. The first-order valence-corrected chi connectivity index (χ1v) is 9.26. The van der Waals surface area contributed by atoms with E-state index in [1.54, 1.807) is 11.3 Å². The van der Waals surface area contributed by atoms with Crippen molar-refractivity contribution in [3.05, 3.63) is 76.7 Å². The van der Waals surface area contributed by atoms with Gasteiger partial charge in [0, 0.05) is 29.1 Å². The number of para-hydroxylation sites is 1. The van der Waals surface area contributed by atoms with Crippen molar-refractivity contribution < 1.29 is 9.53 Å². The number of thiophene rings is 1. The molecule has 0 atom stereocenters. The van der Waals surface area contributed by atoms with Crippen LogP contribution in [-0.2, 0) is 13.2 Å². The molecule has 0 spiro atoms. The zero-order chi connectivity index (χ0) is 17.2. The van der Waals surface area contributed by atoms with Crippen molar-refractivity contribution in [1.29, 1.82) is 0 Å². The molecule has 4 rings (SSSR count). The quantitative estimate of drug-likeness (QED) is 0.665. The van der Waals surface area contributed by atoms with Gasteiger partial charge in [-0.2, -0.15) is 0 Å². The summed E-state index contributed by atoms with van der Waals surface area (Å²) in [6, 6.07) is 20.1. The molecular formula is C21H19NO2S. The van der Waals surface area contributed by atoms with Crippen molar-refractivity contribution in [3.8, 4) is 16.2 Å². The minimum absolute atomic E-state index is 0.0863. The fraction of sp³-hybridized carbons (Fsp3) is 0.190. The van der Waals surface area contributed by atoms with Crippen molar-refractivity contribution in [3.63, 3.8) is 0 Å². The van der Waals surface area contributed by atoms with Gasteiger partial charge in [-0.25, -0.2) is 0 Å². The smallest absolute Gasteiger partial charge is 0.264 e. The number of carbonyl (C=O) groups is 1. The van der Waals surface area contributed by atoms with Crippen molar-refractivity contribution in [2.24, 2.45) is 0 Å². The van der Waals surface area contributed by atoms with E-state index < -0.39 is 0 Å². The maximum Gasteiger partial charge on any atom is 0.264 e. The molecule has 0 fully saturated rings. The van der Waals surface area contributed by atoms with Crippen LogP contribution in [0.5, 0.6) is 5.75 Å². The van der Waals surface area contributed by atoms with Gasteiger partial charge in [0.1, 0.15) is 12.4 Å². The molecule has 4 heteroatoms. The van der Waals surface area contributed by atoms with Crippen molar-refractivity contribution in [2.75, 3.05) is 6.54 Å². The van der Waals surface area contributed by atoms with Gasteiger partial charge in [-0.15, -0.1) is 11.3 Å². The predicted octanol–water partition coefficient (Wildman–Crippen LogP) is 4.97. The van der Waals surface area contributed by atoms with Crippen LogP contribution in [0.2, 0.25) is 0 Å². The van der Waals surface area contributed by atoms with Gasteiger partial charge in [0.25, 0.3) is 5.91 Å². The third kappa shape index (κ3) is 3.05. The van der Waals surface area contributed by atoms with Crippen LogP contribution in [0.15, 0.2) is 60.7 Å². The molecule has 0 saturated heterocycles. The maximum atomic E-state index is 13.0. The molecule has 0 N–H and O–H groups in total. The summed E-state index contributed by atoms with van der Waals surface area (Å²) >= 11 is 1.57. The van der Waals surface area contributed by atoms with Gasteiger partial charge in [0.05, 0.1) is 4.88 Å². The molecule has 2 aromatic carbocycles. The molecule has 126 valence electrons. The van der Waals surface area contributed by atoms with E-state index in [4.69, 9.17) is 4.74 Å². The molecule has 1 aliphatic heterocycles. The predicted molar refractivity (Wildman–Crippen MR) is 101 cm³/mol. The highest BCUT2D eigenvalue weighted by molar-refractivity contribution is 7.17. The second kappa shape index (κ2) is 6.73. The standard InChI is InChI=1S/C21H19NO2S/c1-2-22(13-15-8-4-3-5-9-15)21(23)19-12-16-14-24-18-11-7-6-10-17(18)20(16)25-19/h3-12H,2,13-14H2,1H3. The molecular weight excluding hydrogens is 330 g/mol. The SMILES string of the molecule is CCN(Cc1ccccc1)C(=O)c1cc2c(s1)-c1ccccc1OC2. The average molecular weight is 349 g/mol. The van der Waals surface area contributed by atoms with Crippen LogP contribution < -0.4 is 4.74 Å². The fourth-order valence-electron chi connectivity index (χ4n) is 3.09. The van der Waals surface area contributed by atoms with Crippen LogP contribution >= 0.6 is 11.3 Å². The van der Waals surface area contributed by atoms with Crippen LogP contribution in [0.1, 0.15) is 27.7 Å². The Hall–Kier alpha value is -2.59. The van der Waals surface area contributed by atoms with Crippen LogP contribution in [-0.4, -0.2) is 17.4 Å². The number of hydrogen-bond acceptors (Lipinski definition) is 3. The van der Waals surface area contributed by atoms with Gasteiger partial charge < -0.3 is 9.64 Å². The summed E-state index contributed by atoms with van der Waals surface area (Å²) < 4.78 is 5.81. The minimum atomic E-state index is 0.0863. The lowest BCUT2D eigenvalue weighted by Gasteiger charge is -2.20. The van der Waals surface area contributed by atoms with E-state index in [0.29, 0.717) is 19.7 Å². The van der Waals surface area contributed by atoms with Gasteiger partial charge in [-0.3, -0.25) is 4.79 Å². The summed E-state index contributed by atoms with van der Waals surface area (Å²) in [6.45, 7) is 3.86. The summed E-state index contributed by atoms with van der Waals surface area (Å²) in [5.74, 6) is 0.982. The van der Waals surface area contributed by atoms with Gasteiger partial charge in [0.2, 0.25) is 0 Å². The number of ether oxygens (including phenoxy) is 1. The molecule has 3 nitrogen and oxygen atoms in total. The Bertz CT molecular complexity index is 901. The van der Waals surface area contributed by atoms with E-state index in [1.165, 1.54) is 0 Å². The lowest BCUT2D eigenvalue weighted by Crippen LogP contribution is -2.29. The Morgan fingerprint density at radius 3 is 2.68 bits per heavy atom. The first-order valence-electron chi connectivity index (χ1n) is 8.44. The summed E-state index contributed by atoms with van der Waals surface area (Å²) in [5, 5.41) is 0. The van der Waals surface area contributed by atoms with Crippen molar-refractivity contribution in [2.45, 2.75) is 20.1 Å². The lowest BCUT2D eigenvalue weighted by atomic mass is 10.1. The number of hydrogen-bond donors (Lipinski definition) is 0. The largest absolute Gasteiger partial charge is 0.488 e. The Labute approximate surface area is 151 Å². The molecule has 25 heavy (non-hydrogen) atoms. The number of rotatable bonds is 4. The minimum Gasteiger partial charge on any atom is -0.488 e. The van der Waals surface area contributed by atoms with Crippen LogP contribution in [0.4, 0.5) is 0 Å². The highest BCUT2D eigenvalue weighted by Crippen LogP contribution is 2.42. The molecule has 0 aliphatic carbocycles. The second-order valence-electron chi connectivity index (χ2n) is 6.05. The normalized spacial score (nSPS) is 12.0. The molecule has 0 unspecified atom stereocenters. The van der Waals surface area contributed by atoms with E-state index in [9.17, 15) is 4.79 Å².